The number of hydrogen-bond donors (Lipinski definition) is 3. The van der Waals surface area contributed by atoms with Crippen LogP contribution in [-0.2, 0) is 6.54 Å². The van der Waals surface area contributed by atoms with Crippen LogP contribution >= 0.6 is 24.0 Å². The summed E-state index contributed by atoms with van der Waals surface area (Å²) in [5.74, 6) is 1.60. The van der Waals surface area contributed by atoms with Gasteiger partial charge in [-0.05, 0) is 50.6 Å². The summed E-state index contributed by atoms with van der Waals surface area (Å²) >= 11 is 0. The van der Waals surface area contributed by atoms with E-state index in [9.17, 15) is 4.79 Å². The minimum Gasteiger partial charge on any atom is -0.489 e. The molecule has 4 N–H and O–H groups in total. The first-order valence-corrected chi connectivity index (χ1v) is 8.62. The summed E-state index contributed by atoms with van der Waals surface area (Å²) in [7, 11) is 0. The Balaban J connectivity index is 0.00000364. The number of carbonyl (C=O) groups is 1. The molecule has 8 heteroatoms. The Hall–Kier alpha value is -2.23. The van der Waals surface area contributed by atoms with E-state index < -0.39 is 5.91 Å². The van der Waals surface area contributed by atoms with Crippen LogP contribution in [-0.4, -0.2) is 31.1 Å². The van der Waals surface area contributed by atoms with E-state index in [1.807, 2.05) is 45.0 Å². The van der Waals surface area contributed by atoms with Crippen molar-refractivity contribution in [1.82, 2.24) is 10.6 Å². The third-order valence-corrected chi connectivity index (χ3v) is 3.53. The molecule has 148 valence electrons. The van der Waals surface area contributed by atoms with Crippen LogP contribution in [0.3, 0.4) is 0 Å². The van der Waals surface area contributed by atoms with Gasteiger partial charge in [0.05, 0.1) is 6.54 Å². The number of halogens is 1. The number of benzene rings is 1. The third-order valence-electron chi connectivity index (χ3n) is 3.53. The highest BCUT2D eigenvalue weighted by atomic mass is 127. The van der Waals surface area contributed by atoms with E-state index in [2.05, 4.69) is 15.6 Å². The molecular formula is C19H27IN4O3. The third kappa shape index (κ3) is 7.90. The summed E-state index contributed by atoms with van der Waals surface area (Å²) in [4.78, 5) is 15.5. The average molecular weight is 486 g/mol. The first-order chi connectivity index (χ1) is 12.5. The molecule has 1 unspecified atom stereocenters. The molecule has 0 radical (unpaired) electrons. The zero-order chi connectivity index (χ0) is 18.9. The Morgan fingerprint density at radius 3 is 2.70 bits per heavy atom. The van der Waals surface area contributed by atoms with E-state index in [-0.39, 0.29) is 35.8 Å². The van der Waals surface area contributed by atoms with Crippen LogP contribution in [0.1, 0.15) is 35.7 Å². The molecule has 1 atom stereocenters. The highest BCUT2D eigenvalue weighted by Crippen LogP contribution is 2.14. The van der Waals surface area contributed by atoms with Gasteiger partial charge in [-0.15, -0.1) is 24.0 Å². The molecule has 0 fully saturated rings. The number of carbonyl (C=O) groups excluding carboxylic acids is 1. The molecule has 1 heterocycles. The van der Waals surface area contributed by atoms with Gasteiger partial charge in [-0.3, -0.25) is 4.79 Å². The number of amides is 1. The van der Waals surface area contributed by atoms with Crippen molar-refractivity contribution in [3.8, 4) is 5.75 Å². The zero-order valence-corrected chi connectivity index (χ0v) is 18.2. The van der Waals surface area contributed by atoms with E-state index in [0.29, 0.717) is 24.8 Å². The van der Waals surface area contributed by atoms with Gasteiger partial charge in [0.15, 0.2) is 11.7 Å². The highest BCUT2D eigenvalue weighted by molar-refractivity contribution is 14.0. The predicted molar refractivity (Wildman–Crippen MR) is 117 cm³/mol. The number of primary amides is 1. The maximum Gasteiger partial charge on any atom is 0.284 e. The van der Waals surface area contributed by atoms with E-state index in [4.69, 9.17) is 14.9 Å². The fraction of sp³-hybridized carbons (Fsp3) is 0.368. The molecule has 7 nitrogen and oxygen atoms in total. The van der Waals surface area contributed by atoms with Crippen molar-refractivity contribution < 1.29 is 13.9 Å². The lowest BCUT2D eigenvalue weighted by Crippen LogP contribution is -2.41. The van der Waals surface area contributed by atoms with Crippen LogP contribution in [0.5, 0.6) is 5.75 Å². The molecular weight excluding hydrogens is 459 g/mol. The summed E-state index contributed by atoms with van der Waals surface area (Å²) in [5, 5.41) is 6.40. The summed E-state index contributed by atoms with van der Waals surface area (Å²) in [6.07, 6.45) is -0.0364. The summed E-state index contributed by atoms with van der Waals surface area (Å²) in [6, 6.07) is 11.2. The van der Waals surface area contributed by atoms with Gasteiger partial charge in [0.25, 0.3) is 5.91 Å². The lowest BCUT2D eigenvalue weighted by molar-refractivity contribution is 0.0972. The highest BCUT2D eigenvalue weighted by Gasteiger charge is 2.08. The molecule has 0 saturated heterocycles. The molecule has 0 spiro atoms. The Morgan fingerprint density at radius 1 is 1.30 bits per heavy atom. The van der Waals surface area contributed by atoms with E-state index >= 15 is 0 Å². The Bertz CT molecular complexity index is 761. The standard InChI is InChI=1S/C19H26N4O3.HI/c1-4-21-19(23-12-16-8-9-17(26-16)18(20)24)22-11-14(3)25-15-7-5-6-13(2)10-15;/h5-10,14H,4,11-12H2,1-3H3,(H2,20,24)(H2,21,22,23);1H. The fourth-order valence-electron chi connectivity index (χ4n) is 2.30. The van der Waals surface area contributed by atoms with Gasteiger partial charge in [0.1, 0.15) is 24.2 Å². The van der Waals surface area contributed by atoms with Crippen molar-refractivity contribution in [3.63, 3.8) is 0 Å². The fourth-order valence-corrected chi connectivity index (χ4v) is 2.30. The van der Waals surface area contributed by atoms with E-state index in [1.54, 1.807) is 12.1 Å². The SMILES string of the molecule is CCNC(=NCc1ccc(C(N)=O)o1)NCC(C)Oc1cccc(C)c1.I. The van der Waals surface area contributed by atoms with Gasteiger partial charge in [-0.2, -0.15) is 0 Å². The molecule has 0 aliphatic heterocycles. The average Bonchev–Trinajstić information content (AvgIpc) is 3.07. The Labute approximate surface area is 176 Å². The van der Waals surface area contributed by atoms with Crippen LogP contribution in [0.25, 0.3) is 0 Å². The molecule has 0 aliphatic carbocycles. The molecule has 1 aromatic carbocycles. The Kier molecular flexibility index (Phi) is 9.70. The topological polar surface area (TPSA) is 102 Å². The summed E-state index contributed by atoms with van der Waals surface area (Å²) < 4.78 is 11.2. The van der Waals surface area contributed by atoms with Crippen LogP contribution in [0.4, 0.5) is 0 Å². The molecule has 0 bridgehead atoms. The molecule has 2 aromatic rings. The Morgan fingerprint density at radius 2 is 2.07 bits per heavy atom. The minimum atomic E-state index is -0.590. The monoisotopic (exact) mass is 486 g/mol. The lowest BCUT2D eigenvalue weighted by atomic mass is 10.2. The van der Waals surface area contributed by atoms with Gasteiger partial charge in [-0.25, -0.2) is 4.99 Å². The second kappa shape index (κ2) is 11.5. The van der Waals surface area contributed by atoms with Crippen molar-refractivity contribution in [1.29, 1.82) is 0 Å². The molecule has 1 aromatic heterocycles. The van der Waals surface area contributed by atoms with Gasteiger partial charge < -0.3 is 25.5 Å². The van der Waals surface area contributed by atoms with Gasteiger partial charge in [0, 0.05) is 6.54 Å². The zero-order valence-electron chi connectivity index (χ0n) is 15.8. The second-order valence-electron chi connectivity index (χ2n) is 5.95. The van der Waals surface area contributed by atoms with Crippen LogP contribution in [0.15, 0.2) is 45.8 Å². The van der Waals surface area contributed by atoms with Crippen LogP contribution in [0.2, 0.25) is 0 Å². The minimum absolute atomic E-state index is 0. The second-order valence-corrected chi connectivity index (χ2v) is 5.95. The number of ether oxygens (including phenoxy) is 1. The number of nitrogens with two attached hydrogens (primary N) is 1. The predicted octanol–water partition coefficient (Wildman–Crippen LogP) is 2.83. The molecule has 1 amide bonds. The van der Waals surface area contributed by atoms with E-state index in [1.165, 1.54) is 0 Å². The first kappa shape index (κ1) is 22.8. The quantitative estimate of drug-likeness (QED) is 0.303. The van der Waals surface area contributed by atoms with Crippen LogP contribution in [0, 0.1) is 6.92 Å². The first-order valence-electron chi connectivity index (χ1n) is 8.62. The number of aryl methyl sites for hydroxylation is 1. The summed E-state index contributed by atoms with van der Waals surface area (Å²) in [5.41, 5.74) is 6.34. The molecule has 0 saturated carbocycles. The number of guanidine groups is 1. The van der Waals surface area contributed by atoms with Crippen molar-refractivity contribution >= 4 is 35.8 Å². The maximum atomic E-state index is 11.1. The van der Waals surface area contributed by atoms with E-state index in [0.717, 1.165) is 17.9 Å². The largest absolute Gasteiger partial charge is 0.489 e. The van der Waals surface area contributed by atoms with Gasteiger partial charge in [-0.1, -0.05) is 12.1 Å². The summed E-state index contributed by atoms with van der Waals surface area (Å²) in [6.45, 7) is 7.63. The smallest absolute Gasteiger partial charge is 0.284 e. The maximum absolute atomic E-state index is 11.1. The normalized spacial score (nSPS) is 12.0. The number of aliphatic imine (C=N–C) groups is 1. The van der Waals surface area contributed by atoms with Crippen molar-refractivity contribution in [2.24, 2.45) is 10.7 Å². The van der Waals surface area contributed by atoms with Crippen molar-refractivity contribution in [2.45, 2.75) is 33.4 Å². The lowest BCUT2D eigenvalue weighted by Gasteiger charge is -2.17. The molecule has 2 rings (SSSR count). The van der Waals surface area contributed by atoms with Gasteiger partial charge in [0.2, 0.25) is 0 Å². The molecule has 0 aliphatic rings. The number of furan rings is 1. The number of rotatable bonds is 8. The number of nitrogens with one attached hydrogen (secondary N) is 2. The van der Waals surface area contributed by atoms with Crippen molar-refractivity contribution in [3.05, 3.63) is 53.5 Å². The molecule has 27 heavy (non-hydrogen) atoms. The van der Waals surface area contributed by atoms with Crippen molar-refractivity contribution in [2.75, 3.05) is 13.1 Å². The van der Waals surface area contributed by atoms with Gasteiger partial charge >= 0.3 is 0 Å². The van der Waals surface area contributed by atoms with Crippen LogP contribution < -0.4 is 21.1 Å². The number of hydrogen-bond acceptors (Lipinski definition) is 4. The number of nitrogens with zero attached hydrogens (tertiary/aromatic N) is 1.